The Morgan fingerprint density at radius 1 is 1.40 bits per heavy atom. The molecule has 0 bridgehead atoms. The van der Waals surface area contributed by atoms with Crippen molar-refractivity contribution in [1.29, 1.82) is 0 Å². The van der Waals surface area contributed by atoms with Gasteiger partial charge >= 0.3 is 12.0 Å². The van der Waals surface area contributed by atoms with Crippen LogP contribution in [0, 0.1) is 0 Å². The van der Waals surface area contributed by atoms with Crippen molar-refractivity contribution in [2.45, 2.75) is 6.04 Å². The molecule has 0 aromatic heterocycles. The molecule has 0 aromatic carbocycles. The number of nitrogens with two attached hydrogens (primary N) is 1. The second kappa shape index (κ2) is 7.02. The molecule has 0 aliphatic carbocycles. The number of carboxylic acids is 1. The molecule has 0 saturated carbocycles. The summed E-state index contributed by atoms with van der Waals surface area (Å²) in [7, 11) is 3.28. The molecule has 1 atom stereocenters. The first-order valence-electron chi connectivity index (χ1n) is 4.59. The number of urea groups is 1. The maximum absolute atomic E-state index is 11.0. The van der Waals surface area contributed by atoms with E-state index in [4.69, 9.17) is 10.8 Å². The highest BCUT2D eigenvalue weighted by molar-refractivity contribution is 5.73. The molecule has 7 heteroatoms. The maximum atomic E-state index is 11.0. The number of rotatable bonds is 6. The van der Waals surface area contributed by atoms with Gasteiger partial charge in [0.2, 0.25) is 0 Å². The van der Waals surface area contributed by atoms with E-state index in [-0.39, 0.29) is 12.6 Å². The number of carbonyl (C=O) groups excluding carboxylic acids is 1. The van der Waals surface area contributed by atoms with Gasteiger partial charge in [0.25, 0.3) is 0 Å². The van der Waals surface area contributed by atoms with E-state index in [0.29, 0.717) is 13.1 Å². The van der Waals surface area contributed by atoms with E-state index >= 15 is 0 Å². The van der Waals surface area contributed by atoms with Crippen molar-refractivity contribution in [1.82, 2.24) is 15.5 Å². The molecular formula is C8H18N4O3. The Bertz CT molecular complexity index is 220. The van der Waals surface area contributed by atoms with E-state index in [9.17, 15) is 9.59 Å². The zero-order chi connectivity index (χ0) is 11.8. The van der Waals surface area contributed by atoms with Gasteiger partial charge in [-0.25, -0.2) is 4.79 Å². The molecule has 0 aliphatic heterocycles. The molecule has 0 spiro atoms. The fourth-order valence-electron chi connectivity index (χ4n) is 0.761. The van der Waals surface area contributed by atoms with Crippen molar-refractivity contribution >= 4 is 12.0 Å². The van der Waals surface area contributed by atoms with Gasteiger partial charge in [0, 0.05) is 33.7 Å². The van der Waals surface area contributed by atoms with E-state index in [1.807, 2.05) is 0 Å². The highest BCUT2D eigenvalue weighted by atomic mass is 16.4. The first-order chi connectivity index (χ1) is 6.95. The van der Waals surface area contributed by atoms with Crippen molar-refractivity contribution in [2.75, 3.05) is 33.7 Å². The van der Waals surface area contributed by atoms with Gasteiger partial charge in [-0.3, -0.25) is 4.79 Å². The molecule has 0 radical (unpaired) electrons. The van der Waals surface area contributed by atoms with Crippen LogP contribution in [-0.4, -0.2) is 61.8 Å². The standard InChI is InChI=1S/C8H18N4O3/c1-12(2)8(15)11-4-3-10-5-6(9)7(13)14/h6,10H,3-5,9H2,1-2H3,(H,11,15)(H,13,14). The van der Waals surface area contributed by atoms with Crippen LogP contribution in [0.3, 0.4) is 0 Å². The van der Waals surface area contributed by atoms with Gasteiger partial charge in [-0.2, -0.15) is 0 Å². The first-order valence-corrected chi connectivity index (χ1v) is 4.59. The number of hydrogen-bond acceptors (Lipinski definition) is 4. The summed E-state index contributed by atoms with van der Waals surface area (Å²) in [5.74, 6) is -1.04. The normalized spacial score (nSPS) is 11.9. The van der Waals surface area contributed by atoms with Crippen molar-refractivity contribution < 1.29 is 14.7 Å². The Morgan fingerprint density at radius 2 is 2.00 bits per heavy atom. The van der Waals surface area contributed by atoms with Crippen LogP contribution in [-0.2, 0) is 4.79 Å². The van der Waals surface area contributed by atoms with Crippen molar-refractivity contribution in [2.24, 2.45) is 5.73 Å². The SMILES string of the molecule is CN(C)C(=O)NCCNCC(N)C(=O)O. The van der Waals surface area contributed by atoms with Crippen LogP contribution in [0.1, 0.15) is 0 Å². The van der Waals surface area contributed by atoms with Crippen molar-refractivity contribution in [3.63, 3.8) is 0 Å². The molecule has 0 aliphatic rings. The number of carbonyl (C=O) groups is 2. The van der Waals surface area contributed by atoms with Crippen molar-refractivity contribution in [3.05, 3.63) is 0 Å². The lowest BCUT2D eigenvalue weighted by molar-refractivity contribution is -0.138. The molecule has 2 amide bonds. The average molecular weight is 218 g/mol. The van der Waals surface area contributed by atoms with E-state index < -0.39 is 12.0 Å². The van der Waals surface area contributed by atoms with E-state index in [2.05, 4.69) is 10.6 Å². The zero-order valence-electron chi connectivity index (χ0n) is 8.99. The molecule has 5 N–H and O–H groups in total. The van der Waals surface area contributed by atoms with E-state index in [0.717, 1.165) is 0 Å². The van der Waals surface area contributed by atoms with Crippen LogP contribution in [0.4, 0.5) is 4.79 Å². The van der Waals surface area contributed by atoms with Gasteiger partial charge in [-0.1, -0.05) is 0 Å². The molecule has 0 aromatic rings. The monoisotopic (exact) mass is 218 g/mol. The number of hydrogen-bond donors (Lipinski definition) is 4. The number of nitrogens with zero attached hydrogens (tertiary/aromatic N) is 1. The van der Waals surface area contributed by atoms with Crippen LogP contribution in [0.5, 0.6) is 0 Å². The molecule has 0 rings (SSSR count). The second-order valence-electron chi connectivity index (χ2n) is 3.28. The topological polar surface area (TPSA) is 108 Å². The highest BCUT2D eigenvalue weighted by Gasteiger charge is 2.09. The molecular weight excluding hydrogens is 200 g/mol. The lowest BCUT2D eigenvalue weighted by Crippen LogP contribution is -2.43. The van der Waals surface area contributed by atoms with E-state index in [1.54, 1.807) is 14.1 Å². The Balaban J connectivity index is 3.40. The second-order valence-corrected chi connectivity index (χ2v) is 3.28. The van der Waals surface area contributed by atoms with Crippen molar-refractivity contribution in [3.8, 4) is 0 Å². The molecule has 1 unspecified atom stereocenters. The van der Waals surface area contributed by atoms with Crippen LogP contribution in [0.25, 0.3) is 0 Å². The largest absolute Gasteiger partial charge is 0.480 e. The molecule has 15 heavy (non-hydrogen) atoms. The lowest BCUT2D eigenvalue weighted by Gasteiger charge is -2.12. The molecule has 88 valence electrons. The Kier molecular flexibility index (Phi) is 6.39. The Labute approximate surface area is 88.6 Å². The van der Waals surface area contributed by atoms with Gasteiger partial charge in [0.15, 0.2) is 0 Å². The van der Waals surface area contributed by atoms with Crippen LogP contribution in [0.15, 0.2) is 0 Å². The Morgan fingerprint density at radius 3 is 2.47 bits per heavy atom. The predicted octanol–water partition coefficient (Wildman–Crippen LogP) is -1.74. The zero-order valence-corrected chi connectivity index (χ0v) is 8.99. The minimum absolute atomic E-state index is 0.181. The third kappa shape index (κ3) is 6.69. The smallest absolute Gasteiger partial charge is 0.321 e. The number of nitrogens with one attached hydrogen (secondary N) is 2. The number of carboxylic acid groups (broad SMARTS) is 1. The summed E-state index contributed by atoms with van der Waals surface area (Å²) in [6.07, 6.45) is 0. The van der Waals surface area contributed by atoms with Gasteiger partial charge < -0.3 is 26.4 Å². The summed E-state index contributed by atoms with van der Waals surface area (Å²) < 4.78 is 0. The minimum atomic E-state index is -1.04. The average Bonchev–Trinajstić information content (AvgIpc) is 2.16. The summed E-state index contributed by atoms with van der Waals surface area (Å²) in [5.41, 5.74) is 5.25. The third-order valence-electron chi connectivity index (χ3n) is 1.67. The molecule has 0 heterocycles. The van der Waals surface area contributed by atoms with Gasteiger partial charge in [0.05, 0.1) is 0 Å². The van der Waals surface area contributed by atoms with Gasteiger partial charge in [-0.15, -0.1) is 0 Å². The van der Waals surface area contributed by atoms with Crippen LogP contribution >= 0.6 is 0 Å². The highest BCUT2D eigenvalue weighted by Crippen LogP contribution is 1.76. The first kappa shape index (κ1) is 13.7. The fourth-order valence-corrected chi connectivity index (χ4v) is 0.761. The van der Waals surface area contributed by atoms with Crippen LogP contribution < -0.4 is 16.4 Å². The van der Waals surface area contributed by atoms with Gasteiger partial charge in [0.1, 0.15) is 6.04 Å². The summed E-state index contributed by atoms with van der Waals surface area (Å²) >= 11 is 0. The van der Waals surface area contributed by atoms with Crippen LogP contribution in [0.2, 0.25) is 0 Å². The minimum Gasteiger partial charge on any atom is -0.480 e. The third-order valence-corrected chi connectivity index (χ3v) is 1.67. The lowest BCUT2D eigenvalue weighted by atomic mass is 10.3. The number of amides is 2. The Hall–Kier alpha value is -1.34. The summed E-state index contributed by atoms with van der Waals surface area (Å²) in [4.78, 5) is 22.8. The number of aliphatic carboxylic acids is 1. The summed E-state index contributed by atoms with van der Waals surface area (Å²) in [5, 5.41) is 13.9. The van der Waals surface area contributed by atoms with Gasteiger partial charge in [-0.05, 0) is 0 Å². The summed E-state index contributed by atoms with van der Waals surface area (Å²) in [6.45, 7) is 1.11. The predicted molar refractivity (Wildman–Crippen MR) is 55.6 cm³/mol. The molecule has 7 nitrogen and oxygen atoms in total. The molecule has 0 saturated heterocycles. The summed E-state index contributed by atoms with van der Waals surface area (Å²) in [6, 6.07) is -1.09. The quantitative estimate of drug-likeness (QED) is 0.396. The fraction of sp³-hybridized carbons (Fsp3) is 0.750. The molecule has 0 fully saturated rings. The van der Waals surface area contributed by atoms with E-state index in [1.165, 1.54) is 4.90 Å². The maximum Gasteiger partial charge on any atom is 0.321 e.